The molecule has 2 rings (SSSR count). The van der Waals surface area contributed by atoms with E-state index in [1.807, 2.05) is 13.8 Å². The van der Waals surface area contributed by atoms with Gasteiger partial charge < -0.3 is 5.32 Å². The fourth-order valence-electron chi connectivity index (χ4n) is 1.69. The second-order valence-corrected chi connectivity index (χ2v) is 7.46. The summed E-state index contributed by atoms with van der Waals surface area (Å²) >= 11 is 1.18. The summed E-state index contributed by atoms with van der Waals surface area (Å²) in [5, 5.41) is 3.16. The van der Waals surface area contributed by atoms with Gasteiger partial charge in [0, 0.05) is 17.6 Å². The molecule has 2 heterocycles. The van der Waals surface area contributed by atoms with Gasteiger partial charge in [0.15, 0.2) is 5.82 Å². The van der Waals surface area contributed by atoms with Gasteiger partial charge in [0.05, 0.1) is 11.9 Å². The van der Waals surface area contributed by atoms with E-state index in [1.54, 1.807) is 6.07 Å². The summed E-state index contributed by atoms with van der Waals surface area (Å²) in [5.41, 5.74) is 0.792. The first-order chi connectivity index (χ1) is 9.94. The van der Waals surface area contributed by atoms with Gasteiger partial charge in [0.25, 0.3) is 10.0 Å². The maximum atomic E-state index is 13.5. The third kappa shape index (κ3) is 3.78. The van der Waals surface area contributed by atoms with Crippen LogP contribution in [0.15, 0.2) is 28.7 Å². The molecule has 0 fully saturated rings. The lowest BCUT2D eigenvalue weighted by Crippen LogP contribution is -2.13. The van der Waals surface area contributed by atoms with E-state index in [4.69, 9.17) is 0 Å². The van der Waals surface area contributed by atoms with Gasteiger partial charge >= 0.3 is 0 Å². The fraction of sp³-hybridized carbons (Fsp3) is 0.308. The lowest BCUT2D eigenvalue weighted by molar-refractivity contribution is 0.599. The van der Waals surface area contributed by atoms with Crippen LogP contribution in [-0.2, 0) is 16.6 Å². The summed E-state index contributed by atoms with van der Waals surface area (Å²) in [5.74, 6) is -0.706. The topological polar surface area (TPSA) is 71.1 Å². The van der Waals surface area contributed by atoms with Gasteiger partial charge in [-0.2, -0.15) is 0 Å². The van der Waals surface area contributed by atoms with Gasteiger partial charge in [-0.15, -0.1) is 11.3 Å². The Hall–Kier alpha value is -1.51. The van der Waals surface area contributed by atoms with E-state index in [0.29, 0.717) is 6.54 Å². The molecule has 0 bridgehead atoms. The van der Waals surface area contributed by atoms with Crippen LogP contribution >= 0.6 is 11.3 Å². The van der Waals surface area contributed by atoms with Crippen molar-refractivity contribution in [2.24, 2.45) is 0 Å². The number of nitrogens with zero attached hydrogens (tertiary/aromatic N) is 1. The number of halogens is 1. The zero-order valence-electron chi connectivity index (χ0n) is 11.7. The third-order valence-corrected chi connectivity index (χ3v) is 5.89. The monoisotopic (exact) mass is 329 g/mol. The Kier molecular flexibility index (Phi) is 4.92. The van der Waals surface area contributed by atoms with Crippen LogP contribution in [0.25, 0.3) is 0 Å². The molecule has 0 unspecified atom stereocenters. The van der Waals surface area contributed by atoms with Gasteiger partial charge in [0.2, 0.25) is 0 Å². The molecular formula is C13H16FN3O2S2. The van der Waals surface area contributed by atoms with E-state index in [9.17, 15) is 12.8 Å². The molecule has 0 spiro atoms. The Morgan fingerprint density at radius 1 is 1.43 bits per heavy atom. The van der Waals surface area contributed by atoms with Crippen molar-refractivity contribution in [3.8, 4) is 0 Å². The smallest absolute Gasteiger partial charge is 0.271 e. The lowest BCUT2D eigenvalue weighted by Gasteiger charge is -2.06. The van der Waals surface area contributed by atoms with E-state index < -0.39 is 15.8 Å². The Bertz CT molecular complexity index is 729. The van der Waals surface area contributed by atoms with Crippen LogP contribution in [0.2, 0.25) is 0 Å². The SMILES string of the molecule is CCNCc1sc(S(=O)(=O)Nc2ccncc2F)cc1C. The van der Waals surface area contributed by atoms with Crippen LogP contribution in [0.3, 0.4) is 0 Å². The molecule has 2 aromatic rings. The number of sulfonamides is 1. The summed E-state index contributed by atoms with van der Waals surface area (Å²) in [6.45, 7) is 5.26. The van der Waals surface area contributed by atoms with Crippen LogP contribution in [0.5, 0.6) is 0 Å². The molecular weight excluding hydrogens is 313 g/mol. The number of hydrogen-bond donors (Lipinski definition) is 2. The third-order valence-electron chi connectivity index (χ3n) is 2.82. The maximum Gasteiger partial charge on any atom is 0.271 e. The number of anilines is 1. The summed E-state index contributed by atoms with van der Waals surface area (Å²) in [4.78, 5) is 4.54. The lowest BCUT2D eigenvalue weighted by atomic mass is 10.3. The Morgan fingerprint density at radius 3 is 2.86 bits per heavy atom. The molecule has 0 saturated heterocycles. The number of aromatic nitrogens is 1. The highest BCUT2D eigenvalue weighted by Gasteiger charge is 2.20. The zero-order chi connectivity index (χ0) is 15.5. The predicted molar refractivity (Wildman–Crippen MR) is 81.4 cm³/mol. The molecule has 0 atom stereocenters. The standard InChI is InChI=1S/C13H16FN3O2S2/c1-3-15-8-12-9(2)6-13(20-12)21(18,19)17-11-4-5-16-7-10(11)14/h4-7,15H,3,8H2,1-2H3,(H,16,17). The first kappa shape index (κ1) is 15.9. The Labute approximate surface area is 127 Å². The Balaban J connectivity index is 2.26. The van der Waals surface area contributed by atoms with Crippen molar-refractivity contribution in [2.75, 3.05) is 11.3 Å². The minimum Gasteiger partial charge on any atom is -0.312 e. The van der Waals surface area contributed by atoms with E-state index >= 15 is 0 Å². The molecule has 2 N–H and O–H groups in total. The van der Waals surface area contributed by atoms with Gasteiger partial charge in [-0.1, -0.05) is 6.92 Å². The number of nitrogens with one attached hydrogen (secondary N) is 2. The highest BCUT2D eigenvalue weighted by Crippen LogP contribution is 2.28. The predicted octanol–water partition coefficient (Wildman–Crippen LogP) is 2.50. The van der Waals surface area contributed by atoms with Crippen molar-refractivity contribution in [1.82, 2.24) is 10.3 Å². The van der Waals surface area contributed by atoms with Crippen molar-refractivity contribution < 1.29 is 12.8 Å². The highest BCUT2D eigenvalue weighted by molar-refractivity contribution is 7.94. The van der Waals surface area contributed by atoms with Gasteiger partial charge in [-0.05, 0) is 31.2 Å². The number of hydrogen-bond acceptors (Lipinski definition) is 5. The fourth-order valence-corrected chi connectivity index (χ4v) is 4.31. The normalized spacial score (nSPS) is 11.6. The summed E-state index contributed by atoms with van der Waals surface area (Å²) in [6.07, 6.45) is 2.30. The first-order valence-corrected chi connectivity index (χ1v) is 8.66. The average molecular weight is 329 g/mol. The first-order valence-electron chi connectivity index (χ1n) is 6.36. The summed E-state index contributed by atoms with van der Waals surface area (Å²) < 4.78 is 40.5. The van der Waals surface area contributed by atoms with Crippen LogP contribution in [0.4, 0.5) is 10.1 Å². The molecule has 0 aliphatic heterocycles. The van der Waals surface area contributed by atoms with Crippen LogP contribution < -0.4 is 10.0 Å². The van der Waals surface area contributed by atoms with Crippen LogP contribution in [0, 0.1) is 12.7 Å². The van der Waals surface area contributed by atoms with Gasteiger partial charge in [-0.3, -0.25) is 9.71 Å². The minimum absolute atomic E-state index is 0.107. The quantitative estimate of drug-likeness (QED) is 0.854. The number of aryl methyl sites for hydroxylation is 1. The highest BCUT2D eigenvalue weighted by atomic mass is 32.2. The van der Waals surface area contributed by atoms with Crippen LogP contribution in [-0.4, -0.2) is 19.9 Å². The second kappa shape index (κ2) is 6.50. The van der Waals surface area contributed by atoms with E-state index in [2.05, 4.69) is 15.0 Å². The van der Waals surface area contributed by atoms with Crippen molar-refractivity contribution in [3.63, 3.8) is 0 Å². The number of rotatable bonds is 6. The molecule has 0 aliphatic rings. The molecule has 0 radical (unpaired) electrons. The molecule has 8 heteroatoms. The minimum atomic E-state index is -3.79. The van der Waals surface area contributed by atoms with Gasteiger partial charge in [0.1, 0.15) is 4.21 Å². The molecule has 0 amide bonds. The van der Waals surface area contributed by atoms with E-state index in [0.717, 1.165) is 23.2 Å². The number of thiophene rings is 1. The zero-order valence-corrected chi connectivity index (χ0v) is 13.3. The molecule has 21 heavy (non-hydrogen) atoms. The Morgan fingerprint density at radius 2 is 2.19 bits per heavy atom. The van der Waals surface area contributed by atoms with Crippen molar-refractivity contribution in [1.29, 1.82) is 0 Å². The van der Waals surface area contributed by atoms with E-state index in [1.165, 1.54) is 23.6 Å². The maximum absolute atomic E-state index is 13.5. The summed E-state index contributed by atoms with van der Waals surface area (Å²) in [7, 11) is -3.79. The molecule has 0 saturated carbocycles. The summed E-state index contributed by atoms with van der Waals surface area (Å²) in [6, 6.07) is 2.88. The van der Waals surface area contributed by atoms with Gasteiger partial charge in [-0.25, -0.2) is 12.8 Å². The largest absolute Gasteiger partial charge is 0.312 e. The van der Waals surface area contributed by atoms with E-state index in [-0.39, 0.29) is 9.90 Å². The second-order valence-electron chi connectivity index (χ2n) is 4.41. The average Bonchev–Trinajstić information content (AvgIpc) is 2.81. The number of pyridine rings is 1. The molecule has 0 aliphatic carbocycles. The molecule has 5 nitrogen and oxygen atoms in total. The molecule has 2 aromatic heterocycles. The molecule has 114 valence electrons. The van der Waals surface area contributed by atoms with Crippen molar-refractivity contribution >= 4 is 27.0 Å². The van der Waals surface area contributed by atoms with Crippen molar-refractivity contribution in [2.45, 2.75) is 24.6 Å². The van der Waals surface area contributed by atoms with Crippen LogP contribution in [0.1, 0.15) is 17.4 Å². The molecule has 0 aromatic carbocycles. The van der Waals surface area contributed by atoms with Crippen molar-refractivity contribution in [3.05, 3.63) is 40.8 Å².